The Kier molecular flexibility index (Phi) is 29.6. The van der Waals surface area contributed by atoms with Crippen molar-refractivity contribution >= 4 is 11.9 Å². The Balaban J connectivity index is 1.86. The molecule has 0 bridgehead atoms. The van der Waals surface area contributed by atoms with Gasteiger partial charge in [-0.3, -0.25) is 9.59 Å². The molecule has 0 aromatic heterocycles. The second-order valence-corrected chi connectivity index (χ2v) is 14.6. The van der Waals surface area contributed by atoms with Crippen LogP contribution in [0.4, 0.5) is 0 Å². The first-order chi connectivity index (χ1) is 23.0. The maximum Gasteiger partial charge on any atom is 0.306 e. The molecule has 0 aromatic carbocycles. The molecule has 276 valence electrons. The van der Waals surface area contributed by atoms with E-state index in [1.165, 1.54) is 109 Å². The van der Waals surface area contributed by atoms with Gasteiger partial charge in [-0.25, -0.2) is 0 Å². The molecule has 2 unspecified atom stereocenters. The van der Waals surface area contributed by atoms with E-state index in [4.69, 9.17) is 14.2 Å². The van der Waals surface area contributed by atoms with Gasteiger partial charge in [0.15, 0.2) is 6.10 Å². The molecule has 0 saturated carbocycles. The maximum absolute atomic E-state index is 12.2. The lowest BCUT2D eigenvalue weighted by molar-refractivity contribution is -0.161. The zero-order valence-corrected chi connectivity index (χ0v) is 31.2. The van der Waals surface area contributed by atoms with Gasteiger partial charge in [0.2, 0.25) is 0 Å². The first-order valence-corrected chi connectivity index (χ1v) is 20.2. The molecule has 0 spiro atoms. The summed E-state index contributed by atoms with van der Waals surface area (Å²) in [5.74, 6) is 0.243. The molecule has 0 amide bonds. The Hall–Kier alpha value is -1.40. The van der Waals surface area contributed by atoms with Crippen molar-refractivity contribution in [1.82, 2.24) is 0 Å². The van der Waals surface area contributed by atoms with E-state index in [0.29, 0.717) is 25.0 Å². The third kappa shape index (κ3) is 29.3. The second kappa shape index (κ2) is 31.8. The highest BCUT2D eigenvalue weighted by atomic mass is 16.6. The van der Waals surface area contributed by atoms with E-state index in [1.807, 2.05) is 0 Å². The molecule has 1 rings (SSSR count). The van der Waals surface area contributed by atoms with Crippen LogP contribution in [0.2, 0.25) is 0 Å². The summed E-state index contributed by atoms with van der Waals surface area (Å²) < 4.78 is 16.4. The standard InChI is InChI=1S/C41H76O6/c1-4-5-6-7-20-25-30-38-39(47-38)31-26-21-18-23-28-33-41(44)46-37(34-42)35-45-40(43)32-27-22-17-15-13-11-9-8-10-12-14-16-19-24-29-36(2)3/h20,25,36-39,42H,4-19,21-24,26-35H2,1-3H3/b25-20-/t37-,38?,39?/m0/s1. The van der Waals surface area contributed by atoms with Crippen LogP contribution >= 0.6 is 0 Å². The Morgan fingerprint density at radius 2 is 1.19 bits per heavy atom. The Bertz CT molecular complexity index is 750. The van der Waals surface area contributed by atoms with Gasteiger partial charge >= 0.3 is 11.9 Å². The van der Waals surface area contributed by atoms with E-state index >= 15 is 0 Å². The lowest BCUT2D eigenvalue weighted by Gasteiger charge is -2.15. The summed E-state index contributed by atoms with van der Waals surface area (Å²) in [6.45, 7) is 6.46. The fourth-order valence-corrected chi connectivity index (χ4v) is 6.22. The molecule has 0 aliphatic carbocycles. The third-order valence-corrected chi connectivity index (χ3v) is 9.41. The van der Waals surface area contributed by atoms with Crippen molar-refractivity contribution in [2.24, 2.45) is 5.92 Å². The van der Waals surface area contributed by atoms with Crippen molar-refractivity contribution in [3.05, 3.63) is 12.2 Å². The minimum absolute atomic E-state index is 0.0713. The minimum atomic E-state index is -0.779. The van der Waals surface area contributed by atoms with Gasteiger partial charge in [0, 0.05) is 12.8 Å². The van der Waals surface area contributed by atoms with Gasteiger partial charge in [0.05, 0.1) is 18.8 Å². The summed E-state index contributed by atoms with van der Waals surface area (Å²) in [4.78, 5) is 24.3. The number of ether oxygens (including phenoxy) is 3. The predicted octanol–water partition coefficient (Wildman–Crippen LogP) is 11.4. The molecule has 1 aliphatic rings. The number of carbonyl (C=O) groups is 2. The number of carbonyl (C=O) groups excluding carboxylic acids is 2. The monoisotopic (exact) mass is 665 g/mol. The molecule has 1 aliphatic heterocycles. The Morgan fingerprint density at radius 1 is 0.660 bits per heavy atom. The number of hydrogen-bond donors (Lipinski definition) is 1. The number of unbranched alkanes of at least 4 members (excludes halogenated alkanes) is 20. The smallest absolute Gasteiger partial charge is 0.306 e. The van der Waals surface area contributed by atoms with Gasteiger partial charge in [0.1, 0.15) is 6.61 Å². The first-order valence-electron chi connectivity index (χ1n) is 20.2. The van der Waals surface area contributed by atoms with Crippen molar-refractivity contribution in [3.63, 3.8) is 0 Å². The summed E-state index contributed by atoms with van der Waals surface area (Å²) in [5.41, 5.74) is 0. The largest absolute Gasteiger partial charge is 0.462 e. The molecular formula is C41H76O6. The number of esters is 2. The molecular weight excluding hydrogens is 588 g/mol. The SMILES string of the molecule is CCCCC/C=C\CC1OC1CCCCCCCC(=O)O[C@@H](CO)COC(=O)CCCCCCCCCCCCCCCCC(C)C. The highest BCUT2D eigenvalue weighted by Crippen LogP contribution is 2.30. The minimum Gasteiger partial charge on any atom is -0.462 e. The molecule has 0 aromatic rings. The van der Waals surface area contributed by atoms with Crippen LogP contribution < -0.4 is 0 Å². The zero-order valence-electron chi connectivity index (χ0n) is 31.2. The van der Waals surface area contributed by atoms with Crippen molar-refractivity contribution in [2.45, 2.75) is 219 Å². The zero-order chi connectivity index (χ0) is 34.2. The van der Waals surface area contributed by atoms with Crippen LogP contribution in [0.3, 0.4) is 0 Å². The van der Waals surface area contributed by atoms with Crippen molar-refractivity contribution in [3.8, 4) is 0 Å². The van der Waals surface area contributed by atoms with Crippen LogP contribution in [0.1, 0.15) is 201 Å². The predicted molar refractivity (Wildman–Crippen MR) is 196 cm³/mol. The van der Waals surface area contributed by atoms with Crippen molar-refractivity contribution < 1.29 is 28.9 Å². The van der Waals surface area contributed by atoms with E-state index < -0.39 is 6.10 Å². The lowest BCUT2D eigenvalue weighted by Crippen LogP contribution is -2.28. The van der Waals surface area contributed by atoms with Gasteiger partial charge < -0.3 is 19.3 Å². The Morgan fingerprint density at radius 3 is 1.74 bits per heavy atom. The van der Waals surface area contributed by atoms with Gasteiger partial charge in [0.25, 0.3) is 0 Å². The van der Waals surface area contributed by atoms with Crippen LogP contribution in [0.5, 0.6) is 0 Å². The Labute approximate surface area is 290 Å². The number of epoxide rings is 1. The molecule has 3 atom stereocenters. The molecule has 1 saturated heterocycles. The molecule has 1 heterocycles. The van der Waals surface area contributed by atoms with Crippen LogP contribution in [-0.2, 0) is 23.8 Å². The molecule has 6 heteroatoms. The molecule has 1 fully saturated rings. The van der Waals surface area contributed by atoms with Crippen LogP contribution in [0.15, 0.2) is 12.2 Å². The van der Waals surface area contributed by atoms with E-state index in [-0.39, 0.29) is 25.2 Å². The highest BCUT2D eigenvalue weighted by Gasteiger charge is 2.36. The summed E-state index contributed by atoms with van der Waals surface area (Å²) >= 11 is 0. The van der Waals surface area contributed by atoms with Crippen molar-refractivity contribution in [2.75, 3.05) is 13.2 Å². The average molecular weight is 665 g/mol. The fraction of sp³-hybridized carbons (Fsp3) is 0.902. The van der Waals surface area contributed by atoms with Gasteiger partial charge in [-0.2, -0.15) is 0 Å². The summed E-state index contributed by atoms with van der Waals surface area (Å²) in [6, 6.07) is 0. The number of hydrogen-bond acceptors (Lipinski definition) is 6. The summed E-state index contributed by atoms with van der Waals surface area (Å²) in [7, 11) is 0. The van der Waals surface area contributed by atoms with Gasteiger partial charge in [-0.05, 0) is 44.4 Å². The molecule has 6 nitrogen and oxygen atoms in total. The summed E-state index contributed by atoms with van der Waals surface area (Å²) in [5, 5.41) is 9.57. The third-order valence-electron chi connectivity index (χ3n) is 9.41. The fourth-order valence-electron chi connectivity index (χ4n) is 6.22. The second-order valence-electron chi connectivity index (χ2n) is 14.6. The normalized spacial score (nSPS) is 16.6. The van der Waals surface area contributed by atoms with E-state index in [1.54, 1.807) is 0 Å². The summed E-state index contributed by atoms with van der Waals surface area (Å²) in [6.07, 6.45) is 37.2. The molecule has 47 heavy (non-hydrogen) atoms. The number of rotatable bonds is 35. The average Bonchev–Trinajstić information content (AvgIpc) is 3.81. The number of allylic oxidation sites excluding steroid dienone is 1. The van der Waals surface area contributed by atoms with Gasteiger partial charge in [-0.15, -0.1) is 0 Å². The lowest BCUT2D eigenvalue weighted by atomic mass is 10.0. The maximum atomic E-state index is 12.2. The van der Waals surface area contributed by atoms with Crippen LogP contribution in [0.25, 0.3) is 0 Å². The number of aliphatic hydroxyl groups excluding tert-OH is 1. The van der Waals surface area contributed by atoms with Gasteiger partial charge in [-0.1, -0.05) is 161 Å². The van der Waals surface area contributed by atoms with Crippen LogP contribution in [0, 0.1) is 5.92 Å². The number of aliphatic hydroxyl groups is 1. The van der Waals surface area contributed by atoms with E-state index in [9.17, 15) is 14.7 Å². The van der Waals surface area contributed by atoms with Crippen LogP contribution in [-0.4, -0.2) is 48.6 Å². The van der Waals surface area contributed by atoms with E-state index in [0.717, 1.165) is 63.7 Å². The first kappa shape index (κ1) is 43.6. The molecule has 0 radical (unpaired) electrons. The van der Waals surface area contributed by atoms with E-state index in [2.05, 4.69) is 32.9 Å². The quantitative estimate of drug-likeness (QED) is 0.0314. The molecule has 1 N–H and O–H groups in total. The highest BCUT2D eigenvalue weighted by molar-refractivity contribution is 5.70. The van der Waals surface area contributed by atoms with Crippen molar-refractivity contribution in [1.29, 1.82) is 0 Å². The topological polar surface area (TPSA) is 85.4 Å².